The van der Waals surface area contributed by atoms with Crippen molar-refractivity contribution in [3.8, 4) is 0 Å². The summed E-state index contributed by atoms with van der Waals surface area (Å²) in [6, 6.07) is 13.1. The van der Waals surface area contributed by atoms with Gasteiger partial charge in [0.2, 0.25) is 5.78 Å². The van der Waals surface area contributed by atoms with Gasteiger partial charge in [-0.15, -0.1) is 0 Å². The lowest BCUT2D eigenvalue weighted by atomic mass is 9.85. The maximum atomic E-state index is 14.4. The Hall–Kier alpha value is -1.99. The lowest BCUT2D eigenvalue weighted by Gasteiger charge is -2.36. The first-order valence-corrected chi connectivity index (χ1v) is 9.98. The highest BCUT2D eigenvalue weighted by atomic mass is 31.2. The molecule has 2 rings (SSSR count). The predicted molar refractivity (Wildman–Crippen MR) is 96.9 cm³/mol. The van der Waals surface area contributed by atoms with Crippen LogP contribution in [0.25, 0.3) is 0 Å². The highest BCUT2D eigenvalue weighted by Crippen LogP contribution is 2.59. The molecule has 0 aliphatic carbocycles. The van der Waals surface area contributed by atoms with E-state index in [0.29, 0.717) is 0 Å². The van der Waals surface area contributed by atoms with Crippen LogP contribution < -0.4 is 0 Å². The third-order valence-corrected chi connectivity index (χ3v) is 5.40. The molecule has 0 amide bonds. The van der Waals surface area contributed by atoms with Gasteiger partial charge in [0.25, 0.3) is 5.60 Å². The summed E-state index contributed by atoms with van der Waals surface area (Å²) in [5.41, 5.74) is -4.37. The molecular formula is C19H20F3O5P. The summed E-state index contributed by atoms with van der Waals surface area (Å²) < 4.78 is 70.9. The summed E-state index contributed by atoms with van der Waals surface area (Å²) in [6.45, 7) is 2.37. The SMILES string of the molecule is CCOP(=O)(OCC)OC(C(=O)c1ccccc1)(c1ccccc1)C(F)(F)F. The van der Waals surface area contributed by atoms with E-state index in [1.54, 1.807) is 6.07 Å². The summed E-state index contributed by atoms with van der Waals surface area (Å²) in [4.78, 5) is 13.1. The number of carbonyl (C=O) groups excluding carboxylic acids is 1. The number of hydrogen-bond donors (Lipinski definition) is 0. The van der Waals surface area contributed by atoms with E-state index in [1.165, 1.54) is 56.3 Å². The Morgan fingerprint density at radius 1 is 0.893 bits per heavy atom. The van der Waals surface area contributed by atoms with Crippen molar-refractivity contribution < 1.29 is 36.1 Å². The first kappa shape index (κ1) is 22.3. The van der Waals surface area contributed by atoms with Gasteiger partial charge in [0.15, 0.2) is 0 Å². The molecule has 0 saturated heterocycles. The topological polar surface area (TPSA) is 61.8 Å². The molecule has 9 heteroatoms. The molecule has 0 fully saturated rings. The minimum atomic E-state index is -5.26. The van der Waals surface area contributed by atoms with Crippen molar-refractivity contribution in [2.75, 3.05) is 13.2 Å². The number of alkyl halides is 3. The highest BCUT2D eigenvalue weighted by Gasteiger charge is 2.66. The van der Waals surface area contributed by atoms with Crippen molar-refractivity contribution in [2.24, 2.45) is 0 Å². The predicted octanol–water partition coefficient (Wildman–Crippen LogP) is 5.52. The van der Waals surface area contributed by atoms with Gasteiger partial charge >= 0.3 is 14.0 Å². The van der Waals surface area contributed by atoms with Crippen LogP contribution in [-0.4, -0.2) is 25.2 Å². The molecule has 0 N–H and O–H groups in total. The number of phosphoric ester groups is 1. The number of rotatable bonds is 9. The summed E-state index contributed by atoms with van der Waals surface area (Å²) in [5, 5.41) is 0. The smallest absolute Gasteiger partial charge is 0.290 e. The van der Waals surface area contributed by atoms with Crippen LogP contribution in [0.5, 0.6) is 0 Å². The van der Waals surface area contributed by atoms with Crippen LogP contribution in [0.2, 0.25) is 0 Å². The molecule has 1 unspecified atom stereocenters. The van der Waals surface area contributed by atoms with Crippen LogP contribution in [0.1, 0.15) is 29.8 Å². The number of phosphoric acid groups is 1. The summed E-state index contributed by atoms with van der Waals surface area (Å²) in [7, 11) is -4.72. The first-order chi connectivity index (χ1) is 13.2. The minimum Gasteiger partial charge on any atom is -0.290 e. The van der Waals surface area contributed by atoms with Crippen LogP contribution in [0.15, 0.2) is 60.7 Å². The van der Waals surface area contributed by atoms with E-state index >= 15 is 0 Å². The fourth-order valence-corrected chi connectivity index (χ4v) is 4.05. The Morgan fingerprint density at radius 3 is 1.79 bits per heavy atom. The average molecular weight is 416 g/mol. The van der Waals surface area contributed by atoms with Crippen LogP contribution in [-0.2, 0) is 23.7 Å². The largest absolute Gasteiger partial charge is 0.476 e. The molecule has 2 aromatic rings. The van der Waals surface area contributed by atoms with Crippen molar-refractivity contribution in [1.82, 2.24) is 0 Å². The molecule has 0 radical (unpaired) electrons. The Morgan fingerprint density at radius 2 is 1.36 bits per heavy atom. The van der Waals surface area contributed by atoms with Crippen molar-refractivity contribution in [1.29, 1.82) is 0 Å². The second kappa shape index (κ2) is 9.01. The highest BCUT2D eigenvalue weighted by molar-refractivity contribution is 7.48. The van der Waals surface area contributed by atoms with Crippen LogP contribution in [0.3, 0.4) is 0 Å². The molecule has 0 aromatic heterocycles. The molecule has 1 atom stereocenters. The maximum absolute atomic E-state index is 14.4. The Labute approximate surface area is 161 Å². The summed E-state index contributed by atoms with van der Waals surface area (Å²) >= 11 is 0. The monoisotopic (exact) mass is 416 g/mol. The third-order valence-electron chi connectivity index (χ3n) is 3.76. The van der Waals surface area contributed by atoms with Gasteiger partial charge in [-0.2, -0.15) is 13.2 Å². The molecule has 0 spiro atoms. The molecule has 152 valence electrons. The number of benzene rings is 2. The zero-order valence-electron chi connectivity index (χ0n) is 15.3. The van der Waals surface area contributed by atoms with Gasteiger partial charge in [-0.1, -0.05) is 60.7 Å². The second-order valence-electron chi connectivity index (χ2n) is 5.61. The lowest BCUT2D eigenvalue weighted by molar-refractivity contribution is -0.237. The fraction of sp³-hybridized carbons (Fsp3) is 0.316. The third kappa shape index (κ3) is 4.52. The van der Waals surface area contributed by atoms with Gasteiger partial charge in [0, 0.05) is 11.1 Å². The fourth-order valence-electron chi connectivity index (χ4n) is 2.61. The molecule has 5 nitrogen and oxygen atoms in total. The van der Waals surface area contributed by atoms with Crippen LogP contribution >= 0.6 is 7.82 Å². The van der Waals surface area contributed by atoms with Crippen molar-refractivity contribution in [3.05, 3.63) is 71.8 Å². The second-order valence-corrected chi connectivity index (χ2v) is 7.21. The van der Waals surface area contributed by atoms with E-state index in [2.05, 4.69) is 0 Å². The Balaban J connectivity index is 2.75. The molecular weight excluding hydrogens is 396 g/mol. The number of Topliss-reactive ketones (excluding diaryl/α,β-unsaturated/α-hetero) is 1. The summed E-state index contributed by atoms with van der Waals surface area (Å²) in [5.74, 6) is -1.42. The average Bonchev–Trinajstić information content (AvgIpc) is 2.66. The lowest BCUT2D eigenvalue weighted by Crippen LogP contribution is -2.51. The molecule has 2 aromatic carbocycles. The number of ketones is 1. The Bertz CT molecular complexity index is 816. The standard InChI is InChI=1S/C19H20F3O5P/c1-3-25-28(24,26-4-2)27-18(19(20,21)22,16-13-9-6-10-14-16)17(23)15-11-7-5-8-12-15/h5-14H,3-4H2,1-2H3. The number of carbonyl (C=O) groups is 1. The van der Waals surface area contributed by atoms with E-state index in [-0.39, 0.29) is 18.8 Å². The number of hydrogen-bond acceptors (Lipinski definition) is 5. The van der Waals surface area contributed by atoms with E-state index in [4.69, 9.17) is 13.6 Å². The Kier molecular flexibility index (Phi) is 7.17. The van der Waals surface area contributed by atoms with E-state index < -0.39 is 30.9 Å². The normalized spacial score (nSPS) is 14.5. The van der Waals surface area contributed by atoms with Crippen LogP contribution in [0, 0.1) is 0 Å². The first-order valence-electron chi connectivity index (χ1n) is 8.52. The van der Waals surface area contributed by atoms with Crippen molar-refractivity contribution >= 4 is 13.6 Å². The molecule has 0 saturated carbocycles. The van der Waals surface area contributed by atoms with Crippen LogP contribution in [0.4, 0.5) is 13.2 Å². The molecule has 0 heterocycles. The van der Waals surface area contributed by atoms with Crippen molar-refractivity contribution in [3.63, 3.8) is 0 Å². The molecule has 0 aliphatic heterocycles. The zero-order valence-corrected chi connectivity index (χ0v) is 16.2. The minimum absolute atomic E-state index is 0.237. The number of halogens is 3. The van der Waals surface area contributed by atoms with Gasteiger partial charge in [0.1, 0.15) is 0 Å². The van der Waals surface area contributed by atoms with Crippen molar-refractivity contribution in [2.45, 2.75) is 25.6 Å². The quantitative estimate of drug-likeness (QED) is 0.398. The zero-order chi connectivity index (χ0) is 20.8. The summed E-state index contributed by atoms with van der Waals surface area (Å²) in [6.07, 6.45) is -5.26. The van der Waals surface area contributed by atoms with E-state index in [1.807, 2.05) is 0 Å². The molecule has 28 heavy (non-hydrogen) atoms. The molecule has 0 aliphatic rings. The van der Waals surface area contributed by atoms with Gasteiger partial charge in [-0.3, -0.25) is 18.4 Å². The van der Waals surface area contributed by atoms with Gasteiger partial charge < -0.3 is 0 Å². The maximum Gasteiger partial charge on any atom is 0.476 e. The van der Waals surface area contributed by atoms with Gasteiger partial charge in [-0.05, 0) is 13.8 Å². The molecule has 0 bridgehead atoms. The van der Waals surface area contributed by atoms with Gasteiger partial charge in [-0.25, -0.2) is 4.57 Å². The van der Waals surface area contributed by atoms with E-state index in [9.17, 15) is 22.5 Å². The van der Waals surface area contributed by atoms with E-state index in [0.717, 1.165) is 12.1 Å². The van der Waals surface area contributed by atoms with Gasteiger partial charge in [0.05, 0.1) is 13.2 Å².